The Morgan fingerprint density at radius 2 is 0.727 bits per heavy atom. The molecule has 9 heteroatoms. The van der Waals surface area contributed by atoms with Gasteiger partial charge in [-0.25, -0.2) is 0 Å². The summed E-state index contributed by atoms with van der Waals surface area (Å²) in [7, 11) is 0. The normalized spacial score (nSPS) is 12.8. The van der Waals surface area contributed by atoms with Crippen molar-refractivity contribution in [2.45, 2.75) is 9.79 Å². The van der Waals surface area contributed by atoms with Gasteiger partial charge in [-0.3, -0.25) is 0 Å². The molecule has 13 aromatic rings. The quantitative estimate of drug-likeness (QED) is 0.126. The maximum atomic E-state index is 10.7. The van der Waals surface area contributed by atoms with E-state index in [4.69, 9.17) is 0 Å². The summed E-state index contributed by atoms with van der Waals surface area (Å²) in [5, 5.41) is 10.7. The minimum atomic E-state index is -0.178. The first-order chi connectivity index (χ1) is 43.6. The van der Waals surface area contributed by atoms with Crippen LogP contribution < -0.4 is 57.3 Å². The van der Waals surface area contributed by atoms with E-state index in [1.165, 1.54) is 42.6 Å². The van der Waals surface area contributed by atoms with Crippen LogP contribution in [0.4, 0.5) is 85.3 Å². The lowest BCUT2D eigenvalue weighted by molar-refractivity contribution is 1.21. The topological polar surface area (TPSA) is 40.0 Å². The first-order valence-corrected chi connectivity index (χ1v) is 30.8. The SMILES string of the molecule is N#Cc1ccc(N2c3cc4c(cc3B3c5ccccc5Sc5cc(N(c6ccccc6)c6ccccc6)cc2c53)B2c3ccccc3N(c3ccccc3)c3cc(N(c5ccccc5)c5ccccc5)cc(c32)N4c2ccccc2)c(-c2ccccc2)c1. The second-order valence-electron chi connectivity index (χ2n) is 22.7. The van der Waals surface area contributed by atoms with Crippen molar-refractivity contribution in [3.63, 3.8) is 0 Å². The molecule has 0 saturated heterocycles. The van der Waals surface area contributed by atoms with Crippen molar-refractivity contribution in [1.29, 1.82) is 5.26 Å². The van der Waals surface area contributed by atoms with E-state index < -0.39 is 0 Å². The van der Waals surface area contributed by atoms with E-state index in [2.05, 4.69) is 340 Å². The molecule has 88 heavy (non-hydrogen) atoms. The lowest BCUT2D eigenvalue weighted by Gasteiger charge is -2.47. The van der Waals surface area contributed by atoms with Crippen molar-refractivity contribution in [1.82, 2.24) is 0 Å². The van der Waals surface area contributed by atoms with E-state index in [0.717, 1.165) is 96.4 Å². The predicted octanol–water partition coefficient (Wildman–Crippen LogP) is 17.0. The predicted molar refractivity (Wildman–Crippen MR) is 370 cm³/mol. The molecule has 0 saturated carbocycles. The summed E-state index contributed by atoms with van der Waals surface area (Å²) in [6.45, 7) is -0.325. The van der Waals surface area contributed by atoms with Crippen molar-refractivity contribution in [2.24, 2.45) is 0 Å². The zero-order chi connectivity index (χ0) is 58.2. The number of benzene rings is 13. The van der Waals surface area contributed by atoms with Crippen molar-refractivity contribution in [3.05, 3.63) is 321 Å². The van der Waals surface area contributed by atoms with Crippen LogP contribution in [-0.2, 0) is 0 Å². The molecular formula is C79H52B2N6S. The number of anilines is 15. The lowest BCUT2D eigenvalue weighted by Crippen LogP contribution is -2.64. The molecule has 0 unspecified atom stereocenters. The molecule has 0 radical (unpaired) electrons. The van der Waals surface area contributed by atoms with Crippen LogP contribution in [0.15, 0.2) is 325 Å². The fourth-order valence-electron chi connectivity index (χ4n) is 14.2. The molecule has 13 aromatic carbocycles. The molecule has 410 valence electrons. The Balaban J connectivity index is 1.01. The van der Waals surface area contributed by atoms with Gasteiger partial charge < -0.3 is 24.5 Å². The molecule has 4 aliphatic rings. The second kappa shape index (κ2) is 21.1. The highest BCUT2D eigenvalue weighted by Gasteiger charge is 2.48. The molecule has 0 aromatic heterocycles. The standard InChI is InChI=1S/C79H52B2N6S/c82-53-54-44-45-69(64(46-54)55-26-8-1-9-27-55)87-72-52-71-67(51-68(72)81-66-41-23-25-43-76(66)88-77-50-63(49-75(87)79(77)81)84(58-32-14-4-15-33-58)59-34-16-5-17-35-59)80-65-40-22-24-42-70(65)85(60-36-18-6-19-37-60)73-47-62(48-74(78(73)80)86(71)61-38-20-7-21-39-61)83(56-28-10-2-11-29-56)57-30-12-3-13-31-57/h1-52H. The minimum Gasteiger partial charge on any atom is -0.311 e. The fourth-order valence-corrected chi connectivity index (χ4v) is 15.4. The first kappa shape index (κ1) is 51.3. The molecule has 0 N–H and O–H groups in total. The van der Waals surface area contributed by atoms with Gasteiger partial charge >= 0.3 is 0 Å². The van der Waals surface area contributed by atoms with Gasteiger partial charge in [0.15, 0.2) is 0 Å². The monoisotopic (exact) mass is 1140 g/mol. The third kappa shape index (κ3) is 8.29. The molecule has 6 nitrogen and oxygen atoms in total. The number of nitriles is 1. The van der Waals surface area contributed by atoms with Crippen molar-refractivity contribution >= 4 is 143 Å². The summed E-state index contributed by atoms with van der Waals surface area (Å²) in [6, 6.07) is 117. The zero-order valence-corrected chi connectivity index (χ0v) is 48.6. The third-order valence-electron chi connectivity index (χ3n) is 17.8. The molecule has 0 atom stereocenters. The summed E-state index contributed by atoms with van der Waals surface area (Å²) in [5.74, 6) is 0. The highest BCUT2D eigenvalue weighted by atomic mass is 32.2. The van der Waals surface area contributed by atoms with Gasteiger partial charge in [-0.15, -0.1) is 0 Å². The lowest BCUT2D eigenvalue weighted by atomic mass is 9.30. The maximum Gasteiger partial charge on any atom is 0.252 e. The number of para-hydroxylation sites is 7. The number of rotatable bonds is 10. The summed E-state index contributed by atoms with van der Waals surface area (Å²) >= 11 is 1.86. The number of hydrogen-bond donors (Lipinski definition) is 0. The second-order valence-corrected chi connectivity index (χ2v) is 23.8. The molecule has 4 heterocycles. The van der Waals surface area contributed by atoms with Crippen LogP contribution in [0, 0.1) is 11.3 Å². The van der Waals surface area contributed by atoms with Gasteiger partial charge in [0, 0.05) is 89.3 Å². The Morgan fingerprint density at radius 3 is 1.27 bits per heavy atom. The summed E-state index contributed by atoms with van der Waals surface area (Å²) in [4.78, 5) is 14.8. The van der Waals surface area contributed by atoms with Gasteiger partial charge in [-0.1, -0.05) is 199 Å². The summed E-state index contributed by atoms with van der Waals surface area (Å²) in [6.07, 6.45) is 0. The van der Waals surface area contributed by atoms with Gasteiger partial charge in [0.25, 0.3) is 6.71 Å². The summed E-state index contributed by atoms with van der Waals surface area (Å²) < 4.78 is 0. The molecule has 4 aliphatic heterocycles. The summed E-state index contributed by atoms with van der Waals surface area (Å²) in [5.41, 5.74) is 26.1. The molecule has 0 bridgehead atoms. The Hall–Kier alpha value is -11.2. The first-order valence-electron chi connectivity index (χ1n) is 29.9. The Labute approximate surface area is 517 Å². The zero-order valence-electron chi connectivity index (χ0n) is 47.8. The molecule has 17 rings (SSSR count). The smallest absolute Gasteiger partial charge is 0.252 e. The highest BCUT2D eigenvalue weighted by Crippen LogP contribution is 2.52. The molecule has 0 spiro atoms. The van der Waals surface area contributed by atoms with Crippen molar-refractivity contribution in [2.75, 3.05) is 24.5 Å². The van der Waals surface area contributed by atoms with Gasteiger partial charge in [-0.05, 0) is 166 Å². The molecule has 0 amide bonds. The average Bonchev–Trinajstić information content (AvgIpc) is 1.01. The van der Waals surface area contributed by atoms with Crippen LogP contribution >= 0.6 is 11.8 Å². The van der Waals surface area contributed by atoms with Crippen LogP contribution in [0.2, 0.25) is 0 Å². The number of fused-ring (bicyclic) bond motifs is 8. The van der Waals surface area contributed by atoms with E-state index in [9.17, 15) is 5.26 Å². The van der Waals surface area contributed by atoms with Gasteiger partial charge in [0.05, 0.1) is 23.0 Å². The van der Waals surface area contributed by atoms with E-state index in [-0.39, 0.29) is 13.4 Å². The van der Waals surface area contributed by atoms with Crippen LogP contribution in [0.1, 0.15) is 5.56 Å². The van der Waals surface area contributed by atoms with E-state index in [1.54, 1.807) is 0 Å². The van der Waals surface area contributed by atoms with Crippen LogP contribution in [0.5, 0.6) is 0 Å². The van der Waals surface area contributed by atoms with Crippen molar-refractivity contribution < 1.29 is 0 Å². The molecule has 0 fully saturated rings. The Bertz CT molecular complexity index is 4800. The number of nitrogens with zero attached hydrogens (tertiary/aromatic N) is 6. The number of hydrogen-bond acceptors (Lipinski definition) is 7. The molecular weight excluding hydrogens is 1090 g/mol. The Morgan fingerprint density at radius 1 is 0.295 bits per heavy atom. The van der Waals surface area contributed by atoms with E-state index in [0.29, 0.717) is 5.56 Å². The van der Waals surface area contributed by atoms with Crippen LogP contribution in [-0.4, -0.2) is 13.4 Å². The molecule has 0 aliphatic carbocycles. The third-order valence-corrected chi connectivity index (χ3v) is 18.9. The maximum absolute atomic E-state index is 10.7. The van der Waals surface area contributed by atoms with Crippen LogP contribution in [0.25, 0.3) is 11.1 Å². The van der Waals surface area contributed by atoms with E-state index >= 15 is 0 Å². The fraction of sp³-hybridized carbons (Fsp3) is 0. The minimum absolute atomic E-state index is 0.146. The average molecular weight is 1140 g/mol. The Kier molecular flexibility index (Phi) is 12.3. The van der Waals surface area contributed by atoms with Gasteiger partial charge in [0.1, 0.15) is 0 Å². The van der Waals surface area contributed by atoms with Crippen molar-refractivity contribution in [3.8, 4) is 17.2 Å². The van der Waals surface area contributed by atoms with E-state index in [1.807, 2.05) is 17.8 Å². The largest absolute Gasteiger partial charge is 0.311 e. The van der Waals surface area contributed by atoms with Gasteiger partial charge in [-0.2, -0.15) is 5.26 Å². The van der Waals surface area contributed by atoms with Crippen LogP contribution in [0.3, 0.4) is 0 Å². The van der Waals surface area contributed by atoms with Gasteiger partial charge in [0.2, 0.25) is 6.71 Å². The highest BCUT2D eigenvalue weighted by molar-refractivity contribution is 8.00.